The molecule has 0 unspecified atom stereocenters. The van der Waals surface area contributed by atoms with Gasteiger partial charge in [0.25, 0.3) is 0 Å². The van der Waals surface area contributed by atoms with E-state index >= 15 is 0 Å². The first kappa shape index (κ1) is 18.1. The number of carbonyl (C=O) groups is 3. The highest BCUT2D eigenvalue weighted by molar-refractivity contribution is 9.10. The number of hydrogen-bond acceptors (Lipinski definition) is 4. The molecule has 0 bridgehead atoms. The van der Waals surface area contributed by atoms with Gasteiger partial charge in [-0.05, 0) is 44.7 Å². The monoisotopic (exact) mass is 370 g/mol. The van der Waals surface area contributed by atoms with Crippen molar-refractivity contribution in [1.29, 1.82) is 0 Å². The SMILES string of the molecule is Cc1cc(Br)ccc1NC(=O)CN(C)[C@H](C)C(=O)NC(N)=O. The lowest BCUT2D eigenvalue weighted by Crippen LogP contribution is -2.48. The Morgan fingerprint density at radius 2 is 2.00 bits per heavy atom. The number of benzene rings is 1. The average molecular weight is 371 g/mol. The molecule has 1 atom stereocenters. The van der Waals surface area contributed by atoms with Crippen molar-refractivity contribution in [2.45, 2.75) is 19.9 Å². The summed E-state index contributed by atoms with van der Waals surface area (Å²) in [4.78, 5) is 35.8. The van der Waals surface area contributed by atoms with E-state index in [0.29, 0.717) is 5.69 Å². The summed E-state index contributed by atoms with van der Waals surface area (Å²) in [7, 11) is 1.61. The van der Waals surface area contributed by atoms with E-state index in [1.54, 1.807) is 20.0 Å². The Hall–Kier alpha value is -1.93. The van der Waals surface area contributed by atoms with Gasteiger partial charge in [0.15, 0.2) is 0 Å². The highest BCUT2D eigenvalue weighted by Gasteiger charge is 2.21. The van der Waals surface area contributed by atoms with Crippen molar-refractivity contribution in [3.63, 3.8) is 0 Å². The molecule has 0 spiro atoms. The maximum absolute atomic E-state index is 12.0. The third-order valence-corrected chi connectivity index (χ3v) is 3.64. The number of aryl methyl sites for hydroxylation is 1. The minimum Gasteiger partial charge on any atom is -0.351 e. The van der Waals surface area contributed by atoms with Crippen LogP contribution in [0.4, 0.5) is 10.5 Å². The van der Waals surface area contributed by atoms with Crippen LogP contribution in [0.25, 0.3) is 0 Å². The van der Waals surface area contributed by atoms with Crippen molar-refractivity contribution in [2.75, 3.05) is 18.9 Å². The van der Waals surface area contributed by atoms with Crippen molar-refractivity contribution >= 4 is 39.5 Å². The molecule has 0 aliphatic carbocycles. The summed E-state index contributed by atoms with van der Waals surface area (Å²) >= 11 is 3.35. The third kappa shape index (κ3) is 5.45. The van der Waals surface area contributed by atoms with E-state index in [4.69, 9.17) is 5.73 Å². The standard InChI is InChI=1S/C14H19BrN4O3/c1-8-6-10(15)4-5-11(8)17-12(20)7-19(3)9(2)13(21)18-14(16)22/h4-6,9H,7H2,1-3H3,(H,17,20)(H3,16,18,21,22)/t9-/m1/s1. The molecule has 0 aromatic heterocycles. The fourth-order valence-electron chi connectivity index (χ4n) is 1.75. The smallest absolute Gasteiger partial charge is 0.318 e. The molecule has 7 nitrogen and oxygen atoms in total. The van der Waals surface area contributed by atoms with Crippen LogP contribution >= 0.6 is 15.9 Å². The van der Waals surface area contributed by atoms with Crippen LogP contribution in [0.15, 0.2) is 22.7 Å². The normalized spacial score (nSPS) is 11.9. The Kier molecular flexibility index (Phi) is 6.51. The van der Waals surface area contributed by atoms with Crippen LogP contribution in [0.1, 0.15) is 12.5 Å². The molecular weight excluding hydrogens is 352 g/mol. The molecule has 0 saturated heterocycles. The van der Waals surface area contributed by atoms with Gasteiger partial charge in [0, 0.05) is 10.2 Å². The maximum atomic E-state index is 12.0. The van der Waals surface area contributed by atoms with Crippen molar-refractivity contribution < 1.29 is 14.4 Å². The number of amides is 4. The molecule has 8 heteroatoms. The van der Waals surface area contributed by atoms with E-state index < -0.39 is 18.0 Å². The Morgan fingerprint density at radius 3 is 2.55 bits per heavy atom. The van der Waals surface area contributed by atoms with E-state index in [2.05, 4.69) is 21.2 Å². The van der Waals surface area contributed by atoms with Gasteiger partial charge in [-0.25, -0.2) is 4.79 Å². The highest BCUT2D eigenvalue weighted by Crippen LogP contribution is 2.19. The molecule has 0 heterocycles. The summed E-state index contributed by atoms with van der Waals surface area (Å²) in [6, 6.07) is 3.93. The number of anilines is 1. The number of carbonyl (C=O) groups excluding carboxylic acids is 3. The molecular formula is C14H19BrN4O3. The number of nitrogens with zero attached hydrogens (tertiary/aromatic N) is 1. The van der Waals surface area contributed by atoms with Crippen molar-refractivity contribution in [2.24, 2.45) is 5.73 Å². The second-order valence-corrected chi connectivity index (χ2v) is 5.87. The van der Waals surface area contributed by atoms with Crippen LogP contribution in [-0.4, -0.2) is 42.4 Å². The molecule has 0 aliphatic heterocycles. The molecule has 1 rings (SSSR count). The predicted octanol–water partition coefficient (Wildman–Crippen LogP) is 1.21. The summed E-state index contributed by atoms with van der Waals surface area (Å²) < 4.78 is 0.928. The number of likely N-dealkylation sites (N-methyl/N-ethyl adjacent to an activating group) is 1. The highest BCUT2D eigenvalue weighted by atomic mass is 79.9. The first-order chi connectivity index (χ1) is 10.2. The van der Waals surface area contributed by atoms with E-state index in [1.165, 1.54) is 4.90 Å². The summed E-state index contributed by atoms with van der Waals surface area (Å²) in [6.45, 7) is 3.46. The van der Waals surface area contributed by atoms with E-state index in [-0.39, 0.29) is 12.5 Å². The maximum Gasteiger partial charge on any atom is 0.318 e. The molecule has 0 aliphatic rings. The lowest BCUT2D eigenvalue weighted by Gasteiger charge is -2.22. The molecule has 1 aromatic carbocycles. The average Bonchev–Trinajstić information content (AvgIpc) is 2.40. The number of rotatable bonds is 5. The zero-order valence-corrected chi connectivity index (χ0v) is 14.2. The Bertz CT molecular complexity index is 591. The fourth-order valence-corrected chi connectivity index (χ4v) is 2.22. The second-order valence-electron chi connectivity index (χ2n) is 4.95. The fraction of sp³-hybridized carbons (Fsp3) is 0.357. The molecule has 0 fully saturated rings. The Balaban J connectivity index is 2.60. The lowest BCUT2D eigenvalue weighted by atomic mass is 10.2. The zero-order chi connectivity index (χ0) is 16.9. The van der Waals surface area contributed by atoms with Crippen LogP contribution in [0, 0.1) is 6.92 Å². The van der Waals surface area contributed by atoms with Gasteiger partial charge in [-0.2, -0.15) is 0 Å². The van der Waals surface area contributed by atoms with Crippen molar-refractivity contribution in [1.82, 2.24) is 10.2 Å². The van der Waals surface area contributed by atoms with E-state index in [9.17, 15) is 14.4 Å². The van der Waals surface area contributed by atoms with Gasteiger partial charge in [-0.1, -0.05) is 15.9 Å². The van der Waals surface area contributed by atoms with Crippen LogP contribution in [0.3, 0.4) is 0 Å². The summed E-state index contributed by atoms with van der Waals surface area (Å²) in [5.74, 6) is -0.811. The van der Waals surface area contributed by atoms with Gasteiger partial charge in [0.05, 0.1) is 12.6 Å². The minimum absolute atomic E-state index is 0.00283. The molecule has 120 valence electrons. The molecule has 1 aromatic rings. The number of hydrogen-bond donors (Lipinski definition) is 3. The molecule has 0 radical (unpaired) electrons. The molecule has 4 amide bonds. The first-order valence-corrected chi connectivity index (χ1v) is 7.36. The number of primary amides is 1. The Morgan fingerprint density at radius 1 is 1.36 bits per heavy atom. The first-order valence-electron chi connectivity index (χ1n) is 6.57. The van der Waals surface area contributed by atoms with Gasteiger partial charge < -0.3 is 11.1 Å². The number of nitrogens with one attached hydrogen (secondary N) is 2. The zero-order valence-electron chi connectivity index (χ0n) is 12.6. The van der Waals surface area contributed by atoms with Crippen LogP contribution < -0.4 is 16.4 Å². The molecule has 22 heavy (non-hydrogen) atoms. The van der Waals surface area contributed by atoms with Gasteiger partial charge in [-0.15, -0.1) is 0 Å². The van der Waals surface area contributed by atoms with Gasteiger partial charge in [-0.3, -0.25) is 19.8 Å². The third-order valence-electron chi connectivity index (χ3n) is 3.14. The topological polar surface area (TPSA) is 105 Å². The number of nitrogens with two attached hydrogens (primary N) is 1. The summed E-state index contributed by atoms with van der Waals surface area (Å²) in [5.41, 5.74) is 6.52. The quantitative estimate of drug-likeness (QED) is 0.724. The van der Waals surface area contributed by atoms with Gasteiger partial charge in [0.1, 0.15) is 0 Å². The molecule has 0 saturated carbocycles. The predicted molar refractivity (Wildman–Crippen MR) is 87.3 cm³/mol. The van der Waals surface area contributed by atoms with E-state index in [0.717, 1.165) is 10.0 Å². The van der Waals surface area contributed by atoms with Gasteiger partial charge in [0.2, 0.25) is 11.8 Å². The van der Waals surface area contributed by atoms with Crippen molar-refractivity contribution in [3.05, 3.63) is 28.2 Å². The number of imide groups is 1. The van der Waals surface area contributed by atoms with Crippen molar-refractivity contribution in [3.8, 4) is 0 Å². The largest absolute Gasteiger partial charge is 0.351 e. The number of halogens is 1. The summed E-state index contributed by atoms with van der Waals surface area (Å²) in [5, 5.41) is 4.76. The van der Waals surface area contributed by atoms with Crippen LogP contribution in [-0.2, 0) is 9.59 Å². The van der Waals surface area contributed by atoms with E-state index in [1.807, 2.05) is 24.4 Å². The Labute approximate surface area is 137 Å². The van der Waals surface area contributed by atoms with Gasteiger partial charge >= 0.3 is 6.03 Å². The van der Waals surface area contributed by atoms with Crippen LogP contribution in [0.2, 0.25) is 0 Å². The van der Waals surface area contributed by atoms with Crippen LogP contribution in [0.5, 0.6) is 0 Å². The molecule has 4 N–H and O–H groups in total. The number of urea groups is 1. The summed E-state index contributed by atoms with van der Waals surface area (Å²) in [6.07, 6.45) is 0. The lowest BCUT2D eigenvalue weighted by molar-refractivity contribution is -0.125. The minimum atomic E-state index is -0.916. The second kappa shape index (κ2) is 7.90.